The van der Waals surface area contributed by atoms with Gasteiger partial charge < -0.3 is 10.5 Å². The van der Waals surface area contributed by atoms with Crippen molar-refractivity contribution in [3.63, 3.8) is 0 Å². The zero-order valence-electron chi connectivity index (χ0n) is 20.4. The van der Waals surface area contributed by atoms with Crippen LogP contribution in [0.25, 0.3) is 5.69 Å². The predicted octanol–water partition coefficient (Wildman–Crippen LogP) is 6.00. The number of rotatable bonds is 6. The maximum absolute atomic E-state index is 15.5. The number of pyridine rings is 3. The van der Waals surface area contributed by atoms with Gasteiger partial charge in [-0.3, -0.25) is 14.3 Å². The maximum Gasteiger partial charge on any atom is 0.278 e. The Kier molecular flexibility index (Phi) is 8.15. The second-order valence-corrected chi connectivity index (χ2v) is 9.84. The minimum absolute atomic E-state index is 0.0379. The summed E-state index contributed by atoms with van der Waals surface area (Å²) in [5, 5.41) is -0.210. The molecule has 3 aromatic rings. The Morgan fingerprint density at radius 3 is 2.53 bits per heavy atom. The number of aromatic nitrogens is 3. The fourth-order valence-corrected chi connectivity index (χ4v) is 3.52. The normalized spacial score (nSPS) is 12.4. The molecule has 2 N–H and O–H groups in total. The van der Waals surface area contributed by atoms with Gasteiger partial charge in [0.25, 0.3) is 5.56 Å². The number of allylic oxidation sites excluding steroid dienone is 2. The van der Waals surface area contributed by atoms with E-state index in [9.17, 15) is 9.18 Å². The van der Waals surface area contributed by atoms with Crippen molar-refractivity contribution in [2.75, 3.05) is 0 Å². The first-order valence-electron chi connectivity index (χ1n) is 10.8. The molecule has 0 fully saturated rings. The number of aliphatic imine (C=N–C) groups is 1. The first kappa shape index (κ1) is 27.3. The fourth-order valence-electron chi connectivity index (χ4n) is 3.12. The van der Waals surface area contributed by atoms with Gasteiger partial charge in [-0.2, -0.15) is 0 Å². The molecule has 0 radical (unpaired) electrons. The zero-order chi connectivity index (χ0) is 26.8. The van der Waals surface area contributed by atoms with Crippen LogP contribution in [0.15, 0.2) is 46.1 Å². The Balaban J connectivity index is 1.99. The number of nitrogens with two attached hydrogens (primary N) is 1. The average Bonchev–Trinajstić information content (AvgIpc) is 2.79. The van der Waals surface area contributed by atoms with Gasteiger partial charge in [-0.05, 0) is 31.6 Å². The molecule has 0 spiro atoms. The summed E-state index contributed by atoms with van der Waals surface area (Å²) in [4.78, 5) is 25.2. The standard InChI is InChI=1S/C25H25Cl2F2N5O2/c1-13-10-33-23(31-7-6-19(30)25(3,4)5)21(29)22(13)34-14(2)8-18(20(27)24(34)35)36-12-17-16(26)9-15(28)11-32-17/h6-11H,12,30H2,1-5H3. The van der Waals surface area contributed by atoms with Crippen molar-refractivity contribution >= 4 is 35.2 Å². The molecule has 3 aromatic heterocycles. The van der Waals surface area contributed by atoms with Crippen molar-refractivity contribution in [1.82, 2.24) is 14.5 Å². The molecular formula is C25H25Cl2F2N5O2. The molecule has 0 aromatic carbocycles. The van der Waals surface area contributed by atoms with Crippen LogP contribution in [0.2, 0.25) is 10.0 Å². The summed E-state index contributed by atoms with van der Waals surface area (Å²) in [5.41, 5.74) is 6.54. The Morgan fingerprint density at radius 1 is 1.19 bits per heavy atom. The highest BCUT2D eigenvalue weighted by Gasteiger charge is 2.21. The molecule has 0 aliphatic heterocycles. The van der Waals surface area contributed by atoms with Gasteiger partial charge in [-0.1, -0.05) is 44.0 Å². The minimum atomic E-state index is -0.800. The highest BCUT2D eigenvalue weighted by atomic mass is 35.5. The lowest BCUT2D eigenvalue weighted by Crippen LogP contribution is -2.24. The van der Waals surface area contributed by atoms with Crippen LogP contribution in [0, 0.1) is 30.9 Å². The van der Waals surface area contributed by atoms with Crippen molar-refractivity contribution in [3.05, 3.63) is 85.3 Å². The number of hydrogen-bond acceptors (Lipinski definition) is 6. The fraction of sp³-hybridized carbons (Fsp3) is 0.280. The molecule has 0 bridgehead atoms. The lowest BCUT2D eigenvalue weighted by molar-refractivity contribution is 0.300. The Bertz CT molecular complexity index is 1430. The van der Waals surface area contributed by atoms with Gasteiger partial charge in [0.05, 0.1) is 22.6 Å². The van der Waals surface area contributed by atoms with Gasteiger partial charge in [-0.15, -0.1) is 0 Å². The van der Waals surface area contributed by atoms with Crippen molar-refractivity contribution in [1.29, 1.82) is 0 Å². The van der Waals surface area contributed by atoms with Crippen molar-refractivity contribution in [3.8, 4) is 11.4 Å². The van der Waals surface area contributed by atoms with E-state index in [1.807, 2.05) is 20.8 Å². The summed E-state index contributed by atoms with van der Waals surface area (Å²) in [6, 6.07) is 2.58. The molecule has 0 amide bonds. The van der Waals surface area contributed by atoms with Gasteiger partial charge in [0.1, 0.15) is 23.2 Å². The molecule has 36 heavy (non-hydrogen) atoms. The largest absolute Gasteiger partial charge is 0.485 e. The monoisotopic (exact) mass is 535 g/mol. The molecule has 7 nitrogen and oxygen atoms in total. The quantitative estimate of drug-likeness (QED) is 0.390. The van der Waals surface area contributed by atoms with Gasteiger partial charge in [0, 0.05) is 35.3 Å². The lowest BCUT2D eigenvalue weighted by Gasteiger charge is -2.18. The molecule has 0 aliphatic carbocycles. The maximum atomic E-state index is 15.5. The second kappa shape index (κ2) is 10.8. The predicted molar refractivity (Wildman–Crippen MR) is 138 cm³/mol. The minimum Gasteiger partial charge on any atom is -0.485 e. The van der Waals surface area contributed by atoms with E-state index in [0.717, 1.165) is 16.8 Å². The van der Waals surface area contributed by atoms with E-state index in [1.165, 1.54) is 18.5 Å². The Labute approximate surface area is 217 Å². The number of nitrogens with zero attached hydrogens (tertiary/aromatic N) is 4. The molecule has 0 saturated carbocycles. The van der Waals surface area contributed by atoms with Crippen LogP contribution in [0.1, 0.15) is 37.7 Å². The van der Waals surface area contributed by atoms with Crippen LogP contribution >= 0.6 is 23.2 Å². The average molecular weight is 536 g/mol. The first-order valence-corrected chi connectivity index (χ1v) is 11.6. The van der Waals surface area contributed by atoms with Gasteiger partial charge in [0.15, 0.2) is 11.6 Å². The van der Waals surface area contributed by atoms with Gasteiger partial charge in [-0.25, -0.2) is 18.8 Å². The highest BCUT2D eigenvalue weighted by Crippen LogP contribution is 2.29. The van der Waals surface area contributed by atoms with E-state index in [-0.39, 0.29) is 45.0 Å². The van der Waals surface area contributed by atoms with Crippen LogP contribution in [-0.4, -0.2) is 20.7 Å². The third kappa shape index (κ3) is 5.91. The summed E-state index contributed by atoms with van der Waals surface area (Å²) >= 11 is 12.3. The van der Waals surface area contributed by atoms with Crippen LogP contribution < -0.4 is 16.0 Å². The second-order valence-electron chi connectivity index (χ2n) is 9.05. The van der Waals surface area contributed by atoms with Gasteiger partial charge in [0.2, 0.25) is 0 Å². The molecule has 0 unspecified atom stereocenters. The van der Waals surface area contributed by atoms with E-state index in [0.29, 0.717) is 17.0 Å². The van der Waals surface area contributed by atoms with Crippen LogP contribution in [-0.2, 0) is 6.61 Å². The molecule has 0 saturated heterocycles. The van der Waals surface area contributed by atoms with Crippen LogP contribution in [0.5, 0.6) is 5.75 Å². The van der Waals surface area contributed by atoms with E-state index < -0.39 is 17.2 Å². The topological polar surface area (TPSA) is 95.4 Å². The molecule has 0 atom stereocenters. The summed E-state index contributed by atoms with van der Waals surface area (Å²) in [6.45, 7) is 8.87. The Morgan fingerprint density at radius 2 is 1.89 bits per heavy atom. The third-order valence-corrected chi connectivity index (χ3v) is 5.92. The number of hydrogen-bond donors (Lipinski definition) is 1. The summed E-state index contributed by atoms with van der Waals surface area (Å²) < 4.78 is 35.5. The van der Waals surface area contributed by atoms with Crippen molar-refractivity contribution in [2.45, 2.75) is 41.2 Å². The van der Waals surface area contributed by atoms with Gasteiger partial charge >= 0.3 is 0 Å². The van der Waals surface area contributed by atoms with E-state index in [4.69, 9.17) is 33.7 Å². The van der Waals surface area contributed by atoms with E-state index in [1.54, 1.807) is 19.9 Å². The first-order chi connectivity index (χ1) is 16.8. The smallest absolute Gasteiger partial charge is 0.278 e. The highest BCUT2D eigenvalue weighted by molar-refractivity contribution is 6.32. The molecule has 3 rings (SSSR count). The molecular weight excluding hydrogens is 511 g/mol. The van der Waals surface area contributed by atoms with E-state index >= 15 is 4.39 Å². The lowest BCUT2D eigenvalue weighted by atomic mass is 9.92. The SMILES string of the molecule is Cc1cnc(N=CC=C(N)C(C)(C)C)c(F)c1-n1c(C)cc(OCc2ncc(F)cc2Cl)c(Cl)c1=O. The number of halogens is 4. The van der Waals surface area contributed by atoms with Crippen molar-refractivity contribution in [2.24, 2.45) is 16.1 Å². The van der Waals surface area contributed by atoms with Crippen LogP contribution in [0.3, 0.4) is 0 Å². The molecule has 190 valence electrons. The zero-order valence-corrected chi connectivity index (χ0v) is 21.9. The summed E-state index contributed by atoms with van der Waals surface area (Å²) in [6.07, 6.45) is 5.34. The molecule has 3 heterocycles. The molecule has 0 aliphatic rings. The Hall–Kier alpha value is -3.30. The summed E-state index contributed by atoms with van der Waals surface area (Å²) in [7, 11) is 0. The number of ether oxygens (including phenoxy) is 1. The van der Waals surface area contributed by atoms with E-state index in [2.05, 4.69) is 15.0 Å². The summed E-state index contributed by atoms with van der Waals surface area (Å²) in [5.74, 6) is -1.56. The molecule has 11 heteroatoms. The van der Waals surface area contributed by atoms with Crippen LogP contribution in [0.4, 0.5) is 14.6 Å². The van der Waals surface area contributed by atoms with Crippen molar-refractivity contribution < 1.29 is 13.5 Å². The third-order valence-electron chi connectivity index (χ3n) is 5.25. The number of aryl methyl sites for hydroxylation is 2.